The third-order valence-corrected chi connectivity index (χ3v) is 7.01. The van der Waals surface area contributed by atoms with Crippen molar-refractivity contribution in [1.82, 2.24) is 4.90 Å². The Morgan fingerprint density at radius 2 is 1.51 bits per heavy atom. The lowest BCUT2D eigenvalue weighted by molar-refractivity contribution is -0.143. The predicted octanol–water partition coefficient (Wildman–Crippen LogP) is 8.88. The lowest BCUT2D eigenvalue weighted by atomic mass is 9.92. The van der Waals surface area contributed by atoms with Crippen LogP contribution in [0.15, 0.2) is 48.5 Å². The van der Waals surface area contributed by atoms with Gasteiger partial charge in [-0.15, -0.1) is 0 Å². The Hall–Kier alpha value is -3.83. The molecule has 0 aliphatic carbocycles. The van der Waals surface area contributed by atoms with E-state index in [1.54, 1.807) is 13.8 Å². The maximum Gasteiger partial charge on any atom is 0.416 e. The Balaban J connectivity index is 1.76. The van der Waals surface area contributed by atoms with E-state index in [4.69, 9.17) is 9.47 Å². The van der Waals surface area contributed by atoms with Crippen molar-refractivity contribution in [1.29, 1.82) is 0 Å². The number of nitrogens with zero attached hydrogens (tertiary/aromatic N) is 1. The lowest BCUT2D eigenvalue weighted by Crippen LogP contribution is -2.32. The smallest absolute Gasteiger partial charge is 0.416 e. The second kappa shape index (κ2) is 10.9. The Morgan fingerprint density at radius 1 is 0.902 bits per heavy atom. The van der Waals surface area contributed by atoms with Crippen LogP contribution in [0, 0.1) is 11.6 Å². The average molecular weight is 588 g/mol. The molecule has 1 aliphatic heterocycles. The minimum Gasteiger partial charge on any atom is -0.496 e. The van der Waals surface area contributed by atoms with Gasteiger partial charge in [0.25, 0.3) is 0 Å². The summed E-state index contributed by atoms with van der Waals surface area (Å²) in [5.41, 5.74) is -2.73. The van der Waals surface area contributed by atoms with E-state index in [0.717, 1.165) is 17.0 Å². The van der Waals surface area contributed by atoms with Gasteiger partial charge in [0.15, 0.2) is 0 Å². The molecule has 1 aliphatic rings. The van der Waals surface area contributed by atoms with Gasteiger partial charge in [-0.3, -0.25) is 4.90 Å². The largest absolute Gasteiger partial charge is 0.496 e. The van der Waals surface area contributed by atoms with E-state index in [9.17, 15) is 35.5 Å². The summed E-state index contributed by atoms with van der Waals surface area (Å²) in [5, 5.41) is 0. The molecule has 4 nitrogen and oxygen atoms in total. The fourth-order valence-corrected chi connectivity index (χ4v) is 4.84. The zero-order valence-electron chi connectivity index (χ0n) is 22.3. The highest BCUT2D eigenvalue weighted by Gasteiger charge is 2.43. The molecule has 41 heavy (non-hydrogen) atoms. The molecule has 3 aromatic carbocycles. The summed E-state index contributed by atoms with van der Waals surface area (Å²) in [5.74, 6) is -1.42. The molecule has 2 unspecified atom stereocenters. The van der Waals surface area contributed by atoms with Crippen molar-refractivity contribution in [3.05, 3.63) is 88.0 Å². The van der Waals surface area contributed by atoms with E-state index in [2.05, 4.69) is 0 Å². The first-order chi connectivity index (χ1) is 19.0. The first-order valence-corrected chi connectivity index (χ1v) is 12.4. The highest BCUT2D eigenvalue weighted by molar-refractivity contribution is 5.76. The zero-order chi connectivity index (χ0) is 30.4. The molecule has 1 heterocycles. The minimum absolute atomic E-state index is 0.0180. The number of alkyl halides is 6. The zero-order valence-corrected chi connectivity index (χ0v) is 22.3. The number of carbonyl (C=O) groups excluding carboxylic acids is 1. The Bertz CT molecular complexity index is 1430. The van der Waals surface area contributed by atoms with E-state index in [1.807, 2.05) is 0 Å². The molecular weight excluding hydrogens is 562 g/mol. The molecule has 0 radical (unpaired) electrons. The number of hydrogen-bond acceptors (Lipinski definition) is 3. The number of benzene rings is 3. The molecule has 4 rings (SSSR count). The van der Waals surface area contributed by atoms with Gasteiger partial charge in [0, 0.05) is 17.2 Å². The summed E-state index contributed by atoms with van der Waals surface area (Å²) in [7, 11) is 1.31. The molecule has 0 N–H and O–H groups in total. The molecule has 12 heteroatoms. The van der Waals surface area contributed by atoms with Crippen molar-refractivity contribution < 1.29 is 49.4 Å². The Labute approximate surface area is 230 Å². The van der Waals surface area contributed by atoms with E-state index in [1.165, 1.54) is 32.2 Å². The Kier molecular flexibility index (Phi) is 7.99. The van der Waals surface area contributed by atoms with Crippen molar-refractivity contribution >= 4 is 6.09 Å². The number of halogens is 8. The van der Waals surface area contributed by atoms with Crippen LogP contribution in [0.1, 0.15) is 60.6 Å². The number of cyclic esters (lactones) is 1. The van der Waals surface area contributed by atoms with Crippen molar-refractivity contribution in [3.8, 4) is 16.9 Å². The molecular formula is C29H25F8NO3. The third-order valence-electron chi connectivity index (χ3n) is 7.01. The maximum atomic E-state index is 15.3. The van der Waals surface area contributed by atoms with Gasteiger partial charge < -0.3 is 9.47 Å². The van der Waals surface area contributed by atoms with Gasteiger partial charge in [0.2, 0.25) is 0 Å². The van der Waals surface area contributed by atoms with Crippen LogP contribution in [-0.4, -0.2) is 24.1 Å². The molecule has 3 aromatic rings. The summed E-state index contributed by atoms with van der Waals surface area (Å²) in [4.78, 5) is 13.9. The lowest BCUT2D eigenvalue weighted by Gasteiger charge is -2.24. The SMILES string of the molecule is COc1cc(F)c(C(C)C)cc1-c1cccc(F)c1CN1C(=O)OC(c2cc(C(F)(F)F)cc(C(F)(F)F)c2)C1C. The first-order valence-electron chi connectivity index (χ1n) is 12.4. The van der Waals surface area contributed by atoms with E-state index >= 15 is 4.39 Å². The molecule has 2 atom stereocenters. The van der Waals surface area contributed by atoms with Crippen LogP contribution in [0.4, 0.5) is 39.9 Å². The molecule has 1 saturated heterocycles. The van der Waals surface area contributed by atoms with Gasteiger partial charge in [-0.2, -0.15) is 26.3 Å². The monoisotopic (exact) mass is 587 g/mol. The van der Waals surface area contributed by atoms with Crippen LogP contribution in [-0.2, 0) is 23.6 Å². The average Bonchev–Trinajstić information content (AvgIpc) is 3.16. The van der Waals surface area contributed by atoms with Crippen LogP contribution >= 0.6 is 0 Å². The summed E-state index contributed by atoms with van der Waals surface area (Å²) < 4.78 is 121. The van der Waals surface area contributed by atoms with Crippen molar-refractivity contribution in [2.24, 2.45) is 0 Å². The molecule has 220 valence electrons. The highest BCUT2D eigenvalue weighted by Crippen LogP contribution is 2.42. The first kappa shape index (κ1) is 30.1. The number of amides is 1. The Morgan fingerprint density at radius 3 is 2.05 bits per heavy atom. The van der Waals surface area contributed by atoms with Gasteiger partial charge in [0.05, 0.1) is 30.8 Å². The maximum absolute atomic E-state index is 15.3. The second-order valence-corrected chi connectivity index (χ2v) is 10.0. The van der Waals surface area contributed by atoms with Crippen LogP contribution in [0.3, 0.4) is 0 Å². The topological polar surface area (TPSA) is 38.8 Å². The fourth-order valence-electron chi connectivity index (χ4n) is 4.84. The van der Waals surface area contributed by atoms with Crippen LogP contribution in [0.2, 0.25) is 0 Å². The van der Waals surface area contributed by atoms with Crippen LogP contribution in [0.25, 0.3) is 11.1 Å². The standard InChI is InChI=1S/C29H25F8NO3/c1-14(2)20-11-21(25(40-4)12-24(20)31)19-6-5-7-23(30)22(19)13-38-15(3)26(41-27(38)39)16-8-17(28(32,33)34)10-18(9-16)29(35,36)37/h5-12,14-15,26H,13H2,1-4H3. The second-order valence-electron chi connectivity index (χ2n) is 10.0. The van der Waals surface area contributed by atoms with Crippen LogP contribution in [0.5, 0.6) is 5.75 Å². The number of carbonyl (C=O) groups is 1. The third kappa shape index (κ3) is 5.96. The van der Waals surface area contributed by atoms with Crippen LogP contribution < -0.4 is 4.74 Å². The van der Waals surface area contributed by atoms with Gasteiger partial charge in [-0.25, -0.2) is 13.6 Å². The number of methoxy groups -OCH3 is 1. The molecule has 0 bridgehead atoms. The van der Waals surface area contributed by atoms with Gasteiger partial charge in [-0.1, -0.05) is 26.0 Å². The normalized spacial score (nSPS) is 17.8. The summed E-state index contributed by atoms with van der Waals surface area (Å²) in [6.07, 6.45) is -12.7. The molecule has 1 amide bonds. The molecule has 1 fully saturated rings. The van der Waals surface area contributed by atoms with Crippen molar-refractivity contribution in [2.75, 3.05) is 7.11 Å². The van der Waals surface area contributed by atoms with Gasteiger partial charge >= 0.3 is 18.4 Å². The van der Waals surface area contributed by atoms with Gasteiger partial charge in [-0.05, 0) is 59.9 Å². The summed E-state index contributed by atoms with van der Waals surface area (Å²) in [6.45, 7) is 4.46. The number of hydrogen-bond donors (Lipinski definition) is 0. The predicted molar refractivity (Wildman–Crippen MR) is 133 cm³/mol. The van der Waals surface area contributed by atoms with Crippen molar-refractivity contribution in [3.63, 3.8) is 0 Å². The number of ether oxygens (including phenoxy) is 2. The molecule has 0 spiro atoms. The molecule has 0 saturated carbocycles. The summed E-state index contributed by atoms with van der Waals surface area (Å²) in [6, 6.07) is 6.63. The fraction of sp³-hybridized carbons (Fsp3) is 0.345. The number of rotatable bonds is 6. The quantitative estimate of drug-likeness (QED) is 0.271. The van der Waals surface area contributed by atoms with E-state index in [-0.39, 0.29) is 28.9 Å². The van der Waals surface area contributed by atoms with Crippen molar-refractivity contribution in [2.45, 2.75) is 57.7 Å². The molecule has 0 aromatic heterocycles. The van der Waals surface area contributed by atoms with E-state index in [0.29, 0.717) is 23.3 Å². The summed E-state index contributed by atoms with van der Waals surface area (Å²) >= 11 is 0. The van der Waals surface area contributed by atoms with Gasteiger partial charge in [0.1, 0.15) is 23.5 Å². The van der Waals surface area contributed by atoms with E-state index < -0.39 is 65.5 Å². The minimum atomic E-state index is -5.09. The highest BCUT2D eigenvalue weighted by atomic mass is 19.4.